The van der Waals surface area contributed by atoms with Crippen molar-refractivity contribution in [2.75, 3.05) is 7.11 Å². The summed E-state index contributed by atoms with van der Waals surface area (Å²) in [6.07, 6.45) is 3.16. The van der Waals surface area contributed by atoms with Gasteiger partial charge in [-0.2, -0.15) is 0 Å². The molecular weight excluding hydrogens is 290 g/mol. The maximum atomic E-state index is 12.2. The van der Waals surface area contributed by atoms with E-state index in [1.807, 2.05) is 0 Å². The van der Waals surface area contributed by atoms with Crippen LogP contribution in [0.5, 0.6) is 5.75 Å². The summed E-state index contributed by atoms with van der Waals surface area (Å²) >= 11 is 5.81. The normalized spacial score (nSPS) is 11.5. The van der Waals surface area contributed by atoms with Crippen LogP contribution in [0, 0.1) is 0 Å². The lowest BCUT2D eigenvalue weighted by molar-refractivity contribution is 0.402. The summed E-state index contributed by atoms with van der Waals surface area (Å²) in [5.74, 6) is 0.751. The highest BCUT2D eigenvalue weighted by atomic mass is 35.5. The van der Waals surface area contributed by atoms with Crippen molar-refractivity contribution in [3.05, 3.63) is 41.4 Å². The van der Waals surface area contributed by atoms with E-state index >= 15 is 0 Å². The molecule has 8 heteroatoms. The Bertz CT molecular complexity index is 656. The Hall–Kier alpha value is -1.57. The molecule has 0 saturated carbocycles. The van der Waals surface area contributed by atoms with E-state index in [1.165, 1.54) is 19.2 Å². The molecular formula is C11H12ClN3O3S. The zero-order valence-electron chi connectivity index (χ0n) is 10.1. The number of aromatic amines is 1. The number of benzene rings is 1. The number of aromatic nitrogens is 2. The first-order valence-corrected chi connectivity index (χ1v) is 7.20. The van der Waals surface area contributed by atoms with E-state index in [2.05, 4.69) is 14.7 Å². The molecule has 19 heavy (non-hydrogen) atoms. The van der Waals surface area contributed by atoms with E-state index in [4.69, 9.17) is 16.3 Å². The van der Waals surface area contributed by atoms with Crippen LogP contribution >= 0.6 is 11.6 Å². The van der Waals surface area contributed by atoms with Crippen LogP contribution in [0.25, 0.3) is 0 Å². The topological polar surface area (TPSA) is 84.1 Å². The third kappa shape index (κ3) is 3.25. The fraction of sp³-hybridized carbons (Fsp3) is 0.182. The minimum absolute atomic E-state index is 0.00550. The van der Waals surface area contributed by atoms with Crippen molar-refractivity contribution in [1.82, 2.24) is 14.7 Å². The van der Waals surface area contributed by atoms with E-state index < -0.39 is 10.0 Å². The van der Waals surface area contributed by atoms with E-state index in [0.29, 0.717) is 10.8 Å². The summed E-state index contributed by atoms with van der Waals surface area (Å²) in [6, 6.07) is 4.40. The molecule has 0 amide bonds. The predicted octanol–water partition coefficient (Wildman–Crippen LogP) is 1.55. The summed E-state index contributed by atoms with van der Waals surface area (Å²) < 4.78 is 31.8. The molecule has 0 bridgehead atoms. The van der Waals surface area contributed by atoms with Gasteiger partial charge >= 0.3 is 0 Å². The van der Waals surface area contributed by atoms with E-state index in [1.54, 1.807) is 18.5 Å². The highest BCUT2D eigenvalue weighted by molar-refractivity contribution is 7.89. The lowest BCUT2D eigenvalue weighted by Crippen LogP contribution is -2.24. The largest absolute Gasteiger partial charge is 0.495 e. The van der Waals surface area contributed by atoms with Crippen LogP contribution in [0.3, 0.4) is 0 Å². The van der Waals surface area contributed by atoms with Gasteiger partial charge in [0, 0.05) is 17.4 Å². The quantitative estimate of drug-likeness (QED) is 0.877. The van der Waals surface area contributed by atoms with Gasteiger partial charge in [-0.25, -0.2) is 18.1 Å². The number of H-pyrrole nitrogens is 1. The molecule has 0 spiro atoms. The van der Waals surface area contributed by atoms with Gasteiger partial charge in [0.25, 0.3) is 0 Å². The second kappa shape index (κ2) is 5.60. The minimum Gasteiger partial charge on any atom is -0.495 e. The Kier molecular flexibility index (Phi) is 4.08. The molecule has 0 aliphatic rings. The maximum absolute atomic E-state index is 12.2. The standard InChI is InChI=1S/C11H12ClN3O3S/c1-18-9-3-2-8(12)6-10(9)19(16,17)15-7-11-13-4-5-14-11/h2-6,15H,7H2,1H3,(H,13,14). The summed E-state index contributed by atoms with van der Waals surface area (Å²) in [6.45, 7) is 0.0605. The molecule has 0 saturated heterocycles. The van der Waals surface area contributed by atoms with Gasteiger partial charge in [0.15, 0.2) is 0 Å². The summed E-state index contributed by atoms with van der Waals surface area (Å²) in [5.41, 5.74) is 0. The number of nitrogens with zero attached hydrogens (tertiary/aromatic N) is 1. The van der Waals surface area contributed by atoms with Gasteiger partial charge in [0.05, 0.1) is 13.7 Å². The monoisotopic (exact) mass is 301 g/mol. The van der Waals surface area contributed by atoms with E-state index in [0.717, 1.165) is 0 Å². The minimum atomic E-state index is -3.72. The Morgan fingerprint density at radius 1 is 1.47 bits per heavy atom. The number of methoxy groups -OCH3 is 1. The third-order valence-corrected chi connectivity index (χ3v) is 4.06. The Balaban J connectivity index is 2.26. The second-order valence-electron chi connectivity index (χ2n) is 3.66. The molecule has 102 valence electrons. The molecule has 2 N–H and O–H groups in total. The van der Waals surface area contributed by atoms with Crippen LogP contribution in [0.15, 0.2) is 35.5 Å². The van der Waals surface area contributed by atoms with Gasteiger partial charge < -0.3 is 9.72 Å². The lowest BCUT2D eigenvalue weighted by atomic mass is 10.3. The van der Waals surface area contributed by atoms with Crippen molar-refractivity contribution in [3.8, 4) is 5.75 Å². The first-order chi connectivity index (χ1) is 9.03. The van der Waals surface area contributed by atoms with Gasteiger partial charge in [-0.15, -0.1) is 0 Å². The number of nitrogens with one attached hydrogen (secondary N) is 2. The van der Waals surface area contributed by atoms with Crippen LogP contribution in [-0.2, 0) is 16.6 Å². The number of sulfonamides is 1. The number of halogens is 1. The van der Waals surface area contributed by atoms with E-state index in [9.17, 15) is 8.42 Å². The molecule has 0 atom stereocenters. The molecule has 1 aromatic heterocycles. The van der Waals surface area contributed by atoms with Crippen LogP contribution in [-0.4, -0.2) is 25.5 Å². The van der Waals surface area contributed by atoms with Gasteiger partial charge in [0.2, 0.25) is 10.0 Å². The summed E-state index contributed by atoms with van der Waals surface area (Å²) in [4.78, 5) is 6.73. The molecule has 2 rings (SSSR count). The number of imidazole rings is 1. The van der Waals surface area contributed by atoms with Crippen LogP contribution < -0.4 is 9.46 Å². The van der Waals surface area contributed by atoms with Crippen molar-refractivity contribution in [1.29, 1.82) is 0 Å². The summed E-state index contributed by atoms with van der Waals surface area (Å²) in [7, 11) is -2.32. The smallest absolute Gasteiger partial charge is 0.244 e. The molecule has 0 aliphatic heterocycles. The molecule has 0 radical (unpaired) electrons. The average molecular weight is 302 g/mol. The SMILES string of the molecule is COc1ccc(Cl)cc1S(=O)(=O)NCc1ncc[nH]1. The Labute approximate surface area is 115 Å². The van der Waals surface area contributed by atoms with Gasteiger partial charge in [-0.3, -0.25) is 0 Å². The number of hydrogen-bond acceptors (Lipinski definition) is 4. The zero-order chi connectivity index (χ0) is 13.9. The average Bonchev–Trinajstić information content (AvgIpc) is 2.89. The molecule has 0 unspecified atom stereocenters. The summed E-state index contributed by atoms with van der Waals surface area (Å²) in [5, 5.41) is 0.319. The molecule has 1 heterocycles. The van der Waals surface area contributed by atoms with Crippen molar-refractivity contribution < 1.29 is 13.2 Å². The second-order valence-corrected chi connectivity index (χ2v) is 5.83. The number of rotatable bonds is 5. The van der Waals surface area contributed by atoms with Crippen LogP contribution in [0.2, 0.25) is 5.02 Å². The van der Waals surface area contributed by atoms with Gasteiger partial charge in [0.1, 0.15) is 16.5 Å². The number of ether oxygens (including phenoxy) is 1. The fourth-order valence-corrected chi connectivity index (χ4v) is 2.91. The van der Waals surface area contributed by atoms with Crippen molar-refractivity contribution in [3.63, 3.8) is 0 Å². The molecule has 2 aromatic rings. The highest BCUT2D eigenvalue weighted by Crippen LogP contribution is 2.26. The molecule has 6 nitrogen and oxygen atoms in total. The first-order valence-electron chi connectivity index (χ1n) is 5.34. The van der Waals surface area contributed by atoms with Gasteiger partial charge in [-0.1, -0.05) is 11.6 Å². The van der Waals surface area contributed by atoms with Crippen LogP contribution in [0.1, 0.15) is 5.82 Å². The number of hydrogen-bond donors (Lipinski definition) is 2. The first kappa shape index (κ1) is 13.9. The predicted molar refractivity (Wildman–Crippen MR) is 70.6 cm³/mol. The van der Waals surface area contributed by atoms with Gasteiger partial charge in [-0.05, 0) is 18.2 Å². The van der Waals surface area contributed by atoms with Crippen molar-refractivity contribution in [2.24, 2.45) is 0 Å². The highest BCUT2D eigenvalue weighted by Gasteiger charge is 2.20. The zero-order valence-corrected chi connectivity index (χ0v) is 11.6. The molecule has 0 fully saturated rings. The van der Waals surface area contributed by atoms with Crippen LogP contribution in [0.4, 0.5) is 0 Å². The molecule has 1 aromatic carbocycles. The van der Waals surface area contributed by atoms with Crippen molar-refractivity contribution in [2.45, 2.75) is 11.4 Å². The Morgan fingerprint density at radius 2 is 2.26 bits per heavy atom. The third-order valence-electron chi connectivity index (χ3n) is 2.40. The lowest BCUT2D eigenvalue weighted by Gasteiger charge is -2.10. The fourth-order valence-electron chi connectivity index (χ4n) is 1.50. The molecule has 0 aliphatic carbocycles. The maximum Gasteiger partial charge on any atom is 0.244 e. The van der Waals surface area contributed by atoms with Crippen molar-refractivity contribution >= 4 is 21.6 Å². The Morgan fingerprint density at radius 3 is 2.89 bits per heavy atom. The van der Waals surface area contributed by atoms with E-state index in [-0.39, 0.29) is 17.2 Å².